The Hall–Kier alpha value is -2.71. The number of carbonyl (C=O) groups is 1. The number of nitrogens with one attached hydrogen (secondary N) is 2. The van der Waals surface area contributed by atoms with E-state index in [4.69, 9.17) is 11.6 Å². The first-order valence-corrected chi connectivity index (χ1v) is 8.73. The van der Waals surface area contributed by atoms with Crippen molar-refractivity contribution in [3.8, 4) is 0 Å². The molecule has 2 aromatic heterocycles. The van der Waals surface area contributed by atoms with Gasteiger partial charge in [0.1, 0.15) is 12.4 Å². The lowest BCUT2D eigenvalue weighted by Crippen LogP contribution is -2.31. The average Bonchev–Trinajstić information content (AvgIpc) is 3.25. The molecule has 126 valence electrons. The summed E-state index contributed by atoms with van der Waals surface area (Å²) in [6.07, 6.45) is 3.10. The van der Waals surface area contributed by atoms with Gasteiger partial charge in [-0.3, -0.25) is 10.1 Å². The van der Waals surface area contributed by atoms with E-state index in [1.165, 1.54) is 17.7 Å². The first kappa shape index (κ1) is 15.8. The first-order valence-electron chi connectivity index (χ1n) is 7.47. The van der Waals surface area contributed by atoms with E-state index in [-0.39, 0.29) is 5.91 Å². The molecular weight excluding hydrogens is 360 g/mol. The van der Waals surface area contributed by atoms with Gasteiger partial charge in [-0.05, 0) is 24.6 Å². The normalized spacial score (nSPS) is 16.3. The van der Waals surface area contributed by atoms with Crippen LogP contribution in [0.25, 0.3) is 0 Å². The third kappa shape index (κ3) is 2.90. The maximum absolute atomic E-state index is 12.9. The Kier molecular flexibility index (Phi) is 3.98. The second-order valence-corrected chi connectivity index (χ2v) is 6.77. The van der Waals surface area contributed by atoms with E-state index < -0.39 is 6.04 Å². The van der Waals surface area contributed by atoms with Crippen molar-refractivity contribution < 1.29 is 4.79 Å². The summed E-state index contributed by atoms with van der Waals surface area (Å²) in [6.45, 7) is 1.85. The number of aromatic nitrogens is 4. The van der Waals surface area contributed by atoms with Crippen LogP contribution in [-0.4, -0.2) is 25.7 Å². The summed E-state index contributed by atoms with van der Waals surface area (Å²) in [6, 6.07) is 6.94. The maximum Gasteiger partial charge on any atom is 0.257 e. The van der Waals surface area contributed by atoms with E-state index in [2.05, 4.69) is 25.7 Å². The third-order valence-electron chi connectivity index (χ3n) is 3.88. The summed E-state index contributed by atoms with van der Waals surface area (Å²) in [5.74, 6) is 0.351. The zero-order chi connectivity index (χ0) is 17.4. The molecule has 0 saturated heterocycles. The van der Waals surface area contributed by atoms with E-state index >= 15 is 0 Å². The minimum absolute atomic E-state index is 0.235. The van der Waals surface area contributed by atoms with Gasteiger partial charge in [-0.25, -0.2) is 9.67 Å². The summed E-state index contributed by atoms with van der Waals surface area (Å²) in [4.78, 5) is 21.2. The van der Waals surface area contributed by atoms with Crippen LogP contribution in [0.2, 0.25) is 5.02 Å². The van der Waals surface area contributed by atoms with Crippen molar-refractivity contribution in [3.05, 3.63) is 64.0 Å². The predicted octanol–water partition coefficient (Wildman–Crippen LogP) is 3.32. The van der Waals surface area contributed by atoms with Crippen molar-refractivity contribution in [2.75, 3.05) is 10.6 Å². The molecule has 4 rings (SSSR count). The van der Waals surface area contributed by atoms with Gasteiger partial charge >= 0.3 is 0 Å². The SMILES string of the molecule is CC1=C(C(=O)Nc2nccs2)C(c2ccc(Cl)cc2)n2ncnc2N1. The van der Waals surface area contributed by atoms with Crippen LogP contribution in [0.5, 0.6) is 0 Å². The van der Waals surface area contributed by atoms with E-state index in [0.717, 1.165) is 11.3 Å². The number of amides is 1. The topological polar surface area (TPSA) is 84.7 Å². The standard InChI is InChI=1S/C16H13ClN6OS/c1-9-12(14(24)22-16-18-6-7-25-16)13(10-2-4-11(17)5-3-10)23-15(21-9)19-8-20-23/h2-8,13H,1H3,(H,18,22,24)(H,19,20,21). The Balaban J connectivity index is 1.78. The van der Waals surface area contributed by atoms with Crippen LogP contribution >= 0.6 is 22.9 Å². The Morgan fingerprint density at radius 3 is 2.84 bits per heavy atom. The number of thiazole rings is 1. The predicted molar refractivity (Wildman–Crippen MR) is 96.7 cm³/mol. The van der Waals surface area contributed by atoms with Gasteiger partial charge in [0, 0.05) is 22.3 Å². The molecule has 1 aliphatic rings. The number of carbonyl (C=O) groups excluding carboxylic acids is 1. The Bertz CT molecular complexity index is 947. The van der Waals surface area contributed by atoms with Crippen LogP contribution in [-0.2, 0) is 4.79 Å². The highest BCUT2D eigenvalue weighted by Gasteiger charge is 2.33. The number of hydrogen-bond donors (Lipinski definition) is 2. The number of rotatable bonds is 3. The summed E-state index contributed by atoms with van der Waals surface area (Å²) >= 11 is 7.37. The Morgan fingerprint density at radius 2 is 2.12 bits per heavy atom. The molecule has 0 radical (unpaired) electrons. The maximum atomic E-state index is 12.9. The molecule has 0 fully saturated rings. The molecular formula is C16H13ClN6OS. The smallest absolute Gasteiger partial charge is 0.257 e. The zero-order valence-corrected chi connectivity index (χ0v) is 14.7. The van der Waals surface area contributed by atoms with Gasteiger partial charge < -0.3 is 5.32 Å². The lowest BCUT2D eigenvalue weighted by molar-refractivity contribution is -0.113. The molecule has 1 aliphatic heterocycles. The van der Waals surface area contributed by atoms with E-state index in [0.29, 0.717) is 21.7 Å². The molecule has 0 aliphatic carbocycles. The van der Waals surface area contributed by atoms with Crippen LogP contribution in [0.15, 0.2) is 53.4 Å². The van der Waals surface area contributed by atoms with Gasteiger partial charge in [-0.15, -0.1) is 11.3 Å². The number of nitrogens with zero attached hydrogens (tertiary/aromatic N) is 4. The molecule has 1 atom stereocenters. The van der Waals surface area contributed by atoms with E-state index in [1.807, 2.05) is 24.4 Å². The highest BCUT2D eigenvalue weighted by molar-refractivity contribution is 7.13. The van der Waals surface area contributed by atoms with Crippen molar-refractivity contribution in [2.24, 2.45) is 0 Å². The van der Waals surface area contributed by atoms with Crippen LogP contribution < -0.4 is 10.6 Å². The number of benzene rings is 1. The Labute approximate surface area is 152 Å². The lowest BCUT2D eigenvalue weighted by atomic mass is 9.95. The molecule has 1 amide bonds. The fourth-order valence-corrected chi connectivity index (χ4v) is 3.44. The van der Waals surface area contributed by atoms with E-state index in [1.54, 1.807) is 23.0 Å². The number of allylic oxidation sites excluding steroid dienone is 1. The summed E-state index contributed by atoms with van der Waals surface area (Å²) < 4.78 is 1.69. The van der Waals surface area contributed by atoms with E-state index in [9.17, 15) is 4.79 Å². The second kappa shape index (κ2) is 6.30. The molecule has 0 bridgehead atoms. The molecule has 1 unspecified atom stereocenters. The average molecular weight is 373 g/mol. The monoisotopic (exact) mass is 372 g/mol. The molecule has 3 aromatic rings. The fourth-order valence-electron chi connectivity index (χ4n) is 2.79. The zero-order valence-electron chi connectivity index (χ0n) is 13.1. The van der Waals surface area contributed by atoms with Gasteiger partial charge in [0.2, 0.25) is 5.95 Å². The summed E-state index contributed by atoms with van der Waals surface area (Å²) in [7, 11) is 0. The summed E-state index contributed by atoms with van der Waals surface area (Å²) in [5, 5.41) is 13.2. The van der Waals surface area contributed by atoms with Crippen molar-refractivity contribution in [3.63, 3.8) is 0 Å². The molecule has 0 saturated carbocycles. The molecule has 1 aromatic carbocycles. The summed E-state index contributed by atoms with van der Waals surface area (Å²) in [5.41, 5.74) is 2.16. The molecule has 25 heavy (non-hydrogen) atoms. The molecule has 7 nitrogen and oxygen atoms in total. The van der Waals surface area contributed by atoms with Gasteiger partial charge in [0.15, 0.2) is 5.13 Å². The quantitative estimate of drug-likeness (QED) is 0.736. The minimum Gasteiger partial charge on any atom is -0.328 e. The minimum atomic E-state index is -0.407. The van der Waals surface area contributed by atoms with Crippen molar-refractivity contribution >= 4 is 39.9 Å². The first-order chi connectivity index (χ1) is 12.1. The number of anilines is 2. The highest BCUT2D eigenvalue weighted by atomic mass is 35.5. The van der Waals surface area contributed by atoms with Gasteiger partial charge in [-0.1, -0.05) is 23.7 Å². The third-order valence-corrected chi connectivity index (χ3v) is 4.82. The van der Waals surface area contributed by atoms with Crippen molar-refractivity contribution in [1.29, 1.82) is 0 Å². The molecule has 3 heterocycles. The lowest BCUT2D eigenvalue weighted by Gasteiger charge is -2.28. The van der Waals surface area contributed by atoms with Crippen molar-refractivity contribution in [1.82, 2.24) is 19.7 Å². The number of halogens is 1. The second-order valence-electron chi connectivity index (χ2n) is 5.44. The Morgan fingerprint density at radius 1 is 1.32 bits per heavy atom. The highest BCUT2D eigenvalue weighted by Crippen LogP contribution is 2.35. The fraction of sp³-hybridized carbons (Fsp3) is 0.125. The van der Waals surface area contributed by atoms with Crippen LogP contribution in [0, 0.1) is 0 Å². The van der Waals surface area contributed by atoms with Gasteiger partial charge in [-0.2, -0.15) is 10.1 Å². The van der Waals surface area contributed by atoms with Crippen LogP contribution in [0.1, 0.15) is 18.5 Å². The number of hydrogen-bond acceptors (Lipinski definition) is 6. The largest absolute Gasteiger partial charge is 0.328 e. The van der Waals surface area contributed by atoms with Gasteiger partial charge in [0.05, 0.1) is 5.57 Å². The van der Waals surface area contributed by atoms with Crippen molar-refractivity contribution in [2.45, 2.75) is 13.0 Å². The van der Waals surface area contributed by atoms with Crippen LogP contribution in [0.4, 0.5) is 11.1 Å². The molecule has 2 N–H and O–H groups in total. The molecule has 9 heteroatoms. The number of fused-ring (bicyclic) bond motifs is 1. The van der Waals surface area contributed by atoms with Gasteiger partial charge in [0.25, 0.3) is 5.91 Å². The molecule has 0 spiro atoms. The van der Waals surface area contributed by atoms with Crippen LogP contribution in [0.3, 0.4) is 0 Å².